The number of hydrogen-bond donors (Lipinski definition) is 2. The molecule has 2 atom stereocenters. The van der Waals surface area contributed by atoms with E-state index in [4.69, 9.17) is 0 Å². The first kappa shape index (κ1) is 18.0. The van der Waals surface area contributed by atoms with E-state index in [0.29, 0.717) is 25.1 Å². The highest BCUT2D eigenvalue weighted by molar-refractivity contribution is 7.91. The number of sulfone groups is 1. The van der Waals surface area contributed by atoms with Gasteiger partial charge in [0.25, 0.3) is 0 Å². The van der Waals surface area contributed by atoms with Crippen molar-refractivity contribution >= 4 is 9.84 Å². The number of aromatic nitrogens is 2. The summed E-state index contributed by atoms with van der Waals surface area (Å²) in [6.07, 6.45) is 3.38. The molecule has 1 aliphatic rings. The Bertz CT molecular complexity index is 835. The van der Waals surface area contributed by atoms with E-state index in [9.17, 15) is 17.9 Å². The topological polar surface area (TPSA) is 84.2 Å². The third kappa shape index (κ3) is 4.26. The van der Waals surface area contributed by atoms with Crippen LogP contribution in [0.25, 0.3) is 0 Å². The van der Waals surface area contributed by atoms with Gasteiger partial charge >= 0.3 is 0 Å². The van der Waals surface area contributed by atoms with Gasteiger partial charge in [-0.25, -0.2) is 12.8 Å². The molecule has 2 aromatic rings. The smallest absolute Gasteiger partial charge is 0.152 e. The number of hydrogen-bond acceptors (Lipinski definition) is 5. The lowest BCUT2D eigenvalue weighted by atomic mass is 10.0. The molecule has 1 fully saturated rings. The van der Waals surface area contributed by atoms with E-state index in [2.05, 4.69) is 10.4 Å². The summed E-state index contributed by atoms with van der Waals surface area (Å²) in [4.78, 5) is 0. The quantitative estimate of drug-likeness (QED) is 0.806. The molecule has 8 heteroatoms. The number of rotatable bonds is 6. The molecule has 1 saturated heterocycles. The molecule has 3 rings (SSSR count). The van der Waals surface area contributed by atoms with E-state index in [0.717, 1.165) is 5.56 Å². The summed E-state index contributed by atoms with van der Waals surface area (Å²) in [7, 11) is -2.99. The van der Waals surface area contributed by atoms with Gasteiger partial charge in [-0.1, -0.05) is 12.1 Å². The van der Waals surface area contributed by atoms with Crippen LogP contribution in [0, 0.1) is 5.82 Å². The largest absolute Gasteiger partial charge is 0.387 e. The van der Waals surface area contributed by atoms with Crippen molar-refractivity contribution in [2.24, 2.45) is 0 Å². The summed E-state index contributed by atoms with van der Waals surface area (Å²) in [5.41, 5.74) is 1.06. The Labute approximate surface area is 146 Å². The summed E-state index contributed by atoms with van der Waals surface area (Å²) in [5, 5.41) is 17.5. The lowest BCUT2D eigenvalue weighted by molar-refractivity contribution is 0.174. The van der Waals surface area contributed by atoms with Gasteiger partial charge in [-0.2, -0.15) is 5.10 Å². The standard InChI is InChI=1S/C17H22FN3O3S/c1-17(6-7-25(23,24)12-17)21-11-13(9-20-21)8-19-10-16(22)14-2-4-15(18)5-3-14/h2-5,9,11,16,19,22H,6-8,10,12H2,1H3/t16-,17-/m1/s1. The van der Waals surface area contributed by atoms with E-state index >= 15 is 0 Å². The van der Waals surface area contributed by atoms with E-state index in [1.54, 1.807) is 23.0 Å². The first-order valence-electron chi connectivity index (χ1n) is 8.16. The van der Waals surface area contributed by atoms with Crippen LogP contribution in [0.1, 0.15) is 30.6 Å². The minimum atomic E-state index is -2.99. The Hall–Kier alpha value is -1.77. The zero-order valence-corrected chi connectivity index (χ0v) is 14.8. The third-order valence-corrected chi connectivity index (χ3v) is 6.48. The highest BCUT2D eigenvalue weighted by Gasteiger charge is 2.40. The van der Waals surface area contributed by atoms with Crippen LogP contribution < -0.4 is 5.32 Å². The Morgan fingerprint density at radius 2 is 2.12 bits per heavy atom. The molecule has 0 radical (unpaired) electrons. The van der Waals surface area contributed by atoms with Gasteiger partial charge in [0.1, 0.15) is 5.82 Å². The lowest BCUT2D eigenvalue weighted by Crippen LogP contribution is -2.31. The first-order valence-corrected chi connectivity index (χ1v) is 9.98. The predicted octanol–water partition coefficient (Wildman–Crippen LogP) is 1.38. The first-order chi connectivity index (χ1) is 11.8. The summed E-state index contributed by atoms with van der Waals surface area (Å²) in [6, 6.07) is 5.75. The highest BCUT2D eigenvalue weighted by atomic mass is 32.2. The maximum Gasteiger partial charge on any atom is 0.152 e. The summed E-state index contributed by atoms with van der Waals surface area (Å²) in [6.45, 7) is 2.73. The molecular formula is C17H22FN3O3S. The molecule has 1 aromatic heterocycles. The number of aliphatic hydroxyl groups is 1. The SMILES string of the molecule is C[C@@]1(n2cc(CNC[C@@H](O)c3ccc(F)cc3)cn2)CCS(=O)(=O)C1. The van der Waals surface area contributed by atoms with Gasteiger partial charge in [-0.15, -0.1) is 0 Å². The van der Waals surface area contributed by atoms with Crippen LogP contribution in [0.3, 0.4) is 0 Å². The molecular weight excluding hydrogens is 345 g/mol. The molecule has 0 bridgehead atoms. The molecule has 0 saturated carbocycles. The molecule has 25 heavy (non-hydrogen) atoms. The van der Waals surface area contributed by atoms with Gasteiger partial charge in [-0.3, -0.25) is 4.68 Å². The van der Waals surface area contributed by atoms with E-state index in [1.807, 2.05) is 13.1 Å². The van der Waals surface area contributed by atoms with E-state index < -0.39 is 21.5 Å². The maximum absolute atomic E-state index is 12.9. The Kier molecular flexibility index (Phi) is 4.95. The molecule has 0 amide bonds. The second-order valence-electron chi connectivity index (χ2n) is 6.83. The molecule has 2 heterocycles. The number of aliphatic hydroxyl groups excluding tert-OH is 1. The summed E-state index contributed by atoms with van der Waals surface area (Å²) in [5.74, 6) is -0.0303. The van der Waals surface area contributed by atoms with Crippen molar-refractivity contribution < 1.29 is 17.9 Å². The van der Waals surface area contributed by atoms with Crippen molar-refractivity contribution in [1.29, 1.82) is 0 Å². The van der Waals surface area contributed by atoms with Crippen molar-refractivity contribution in [2.45, 2.75) is 31.5 Å². The minimum absolute atomic E-state index is 0.109. The Morgan fingerprint density at radius 3 is 2.76 bits per heavy atom. The summed E-state index contributed by atoms with van der Waals surface area (Å²) < 4.78 is 38.1. The van der Waals surface area contributed by atoms with Gasteiger partial charge < -0.3 is 10.4 Å². The van der Waals surface area contributed by atoms with Crippen LogP contribution in [0.15, 0.2) is 36.7 Å². The van der Waals surface area contributed by atoms with Crippen LogP contribution in [0.4, 0.5) is 4.39 Å². The Morgan fingerprint density at radius 1 is 1.40 bits per heavy atom. The Balaban J connectivity index is 1.55. The average molecular weight is 367 g/mol. The van der Waals surface area contributed by atoms with Crippen LogP contribution in [0.5, 0.6) is 0 Å². The van der Waals surface area contributed by atoms with Crippen molar-refractivity contribution in [3.63, 3.8) is 0 Å². The maximum atomic E-state index is 12.9. The normalized spacial score (nSPS) is 23.6. The monoisotopic (exact) mass is 367 g/mol. The van der Waals surface area contributed by atoms with Crippen LogP contribution in [0.2, 0.25) is 0 Å². The molecule has 1 aromatic carbocycles. The number of nitrogens with zero attached hydrogens (tertiary/aromatic N) is 2. The van der Waals surface area contributed by atoms with Gasteiger partial charge in [0.2, 0.25) is 0 Å². The third-order valence-electron chi connectivity index (χ3n) is 4.59. The summed E-state index contributed by atoms with van der Waals surface area (Å²) >= 11 is 0. The lowest BCUT2D eigenvalue weighted by Gasteiger charge is -2.22. The highest BCUT2D eigenvalue weighted by Crippen LogP contribution is 2.30. The molecule has 136 valence electrons. The van der Waals surface area contributed by atoms with Crippen molar-refractivity contribution in [3.05, 3.63) is 53.6 Å². The fraction of sp³-hybridized carbons (Fsp3) is 0.471. The molecule has 0 aliphatic carbocycles. The fourth-order valence-corrected chi connectivity index (χ4v) is 5.20. The van der Waals surface area contributed by atoms with Crippen molar-refractivity contribution in [1.82, 2.24) is 15.1 Å². The molecule has 0 unspecified atom stereocenters. The predicted molar refractivity (Wildman–Crippen MR) is 92.2 cm³/mol. The van der Waals surface area contributed by atoms with Gasteiger partial charge in [0.15, 0.2) is 9.84 Å². The molecule has 0 spiro atoms. The van der Waals surface area contributed by atoms with Gasteiger partial charge in [0, 0.05) is 24.8 Å². The second-order valence-corrected chi connectivity index (χ2v) is 9.01. The molecule has 1 aliphatic heterocycles. The van der Waals surface area contributed by atoms with E-state index in [-0.39, 0.29) is 17.3 Å². The van der Waals surface area contributed by atoms with Crippen LogP contribution in [-0.2, 0) is 21.9 Å². The zero-order valence-electron chi connectivity index (χ0n) is 14.0. The average Bonchev–Trinajstić information content (AvgIpc) is 3.13. The minimum Gasteiger partial charge on any atom is -0.387 e. The number of nitrogens with one attached hydrogen (secondary N) is 1. The van der Waals surface area contributed by atoms with Crippen molar-refractivity contribution in [3.8, 4) is 0 Å². The van der Waals surface area contributed by atoms with Gasteiger partial charge in [0.05, 0.1) is 29.3 Å². The number of halogens is 1. The van der Waals surface area contributed by atoms with E-state index in [1.165, 1.54) is 12.1 Å². The second kappa shape index (κ2) is 6.86. The van der Waals surface area contributed by atoms with Crippen LogP contribution in [-0.4, -0.2) is 41.4 Å². The van der Waals surface area contributed by atoms with Crippen LogP contribution >= 0.6 is 0 Å². The fourth-order valence-electron chi connectivity index (χ4n) is 3.08. The molecule has 6 nitrogen and oxygen atoms in total. The van der Waals surface area contributed by atoms with Crippen molar-refractivity contribution in [2.75, 3.05) is 18.1 Å². The van der Waals surface area contributed by atoms with Gasteiger partial charge in [-0.05, 0) is 31.0 Å². The molecule has 2 N–H and O–H groups in total. The zero-order chi connectivity index (χ0) is 18.1. The number of benzene rings is 1.